The van der Waals surface area contributed by atoms with Gasteiger partial charge in [-0.2, -0.15) is 15.3 Å². The summed E-state index contributed by atoms with van der Waals surface area (Å²) in [7, 11) is 0. The molecule has 1 amide bonds. The zero-order chi connectivity index (χ0) is 18.4. The monoisotopic (exact) mass is 345 g/mol. The van der Waals surface area contributed by atoms with E-state index in [2.05, 4.69) is 37.2 Å². The van der Waals surface area contributed by atoms with Crippen molar-refractivity contribution in [2.45, 2.75) is 6.92 Å². The summed E-state index contributed by atoms with van der Waals surface area (Å²) >= 11 is 0. The minimum atomic E-state index is -0.145. The van der Waals surface area contributed by atoms with Gasteiger partial charge in [-0.25, -0.2) is 0 Å². The molecule has 128 valence electrons. The van der Waals surface area contributed by atoms with Gasteiger partial charge in [0.2, 0.25) is 11.9 Å². The standard InChI is InChI=1S/C18H15N7O/c1-12(26)21-15-3-2-4-16(9-15)23-18-24-17(11-20-25-18)22-14-7-5-13(10-19)6-8-14/h2-9,11H,1H3,(H,21,26)(H2,22,23,24,25). The van der Waals surface area contributed by atoms with Crippen molar-refractivity contribution in [1.29, 1.82) is 5.26 Å². The number of nitriles is 1. The Balaban J connectivity index is 1.73. The molecule has 1 aromatic heterocycles. The van der Waals surface area contributed by atoms with Crippen molar-refractivity contribution in [1.82, 2.24) is 15.2 Å². The Morgan fingerprint density at radius 3 is 2.54 bits per heavy atom. The summed E-state index contributed by atoms with van der Waals surface area (Å²) in [5.41, 5.74) is 2.75. The predicted molar refractivity (Wildman–Crippen MR) is 98.3 cm³/mol. The zero-order valence-corrected chi connectivity index (χ0v) is 13.9. The number of carbonyl (C=O) groups is 1. The van der Waals surface area contributed by atoms with E-state index in [1.54, 1.807) is 42.5 Å². The molecule has 0 saturated heterocycles. The summed E-state index contributed by atoms with van der Waals surface area (Å²) in [6.07, 6.45) is 1.50. The van der Waals surface area contributed by atoms with Crippen molar-refractivity contribution < 1.29 is 4.79 Å². The Labute approximate surface area is 149 Å². The van der Waals surface area contributed by atoms with Gasteiger partial charge in [-0.15, -0.1) is 5.10 Å². The second kappa shape index (κ2) is 7.72. The molecule has 1 heterocycles. The SMILES string of the molecule is CC(=O)Nc1cccc(Nc2nncc(Nc3ccc(C#N)cc3)n2)c1. The summed E-state index contributed by atoms with van der Waals surface area (Å²) < 4.78 is 0. The number of nitrogens with one attached hydrogen (secondary N) is 3. The average Bonchev–Trinajstić information content (AvgIpc) is 2.62. The highest BCUT2D eigenvalue weighted by molar-refractivity contribution is 5.89. The highest BCUT2D eigenvalue weighted by atomic mass is 16.1. The van der Waals surface area contributed by atoms with Gasteiger partial charge >= 0.3 is 0 Å². The Morgan fingerprint density at radius 1 is 1.04 bits per heavy atom. The van der Waals surface area contributed by atoms with Crippen LogP contribution < -0.4 is 16.0 Å². The molecule has 0 aliphatic rings. The molecule has 2 aromatic carbocycles. The van der Waals surface area contributed by atoms with Crippen molar-refractivity contribution in [2.75, 3.05) is 16.0 Å². The van der Waals surface area contributed by atoms with Crippen molar-refractivity contribution in [2.24, 2.45) is 0 Å². The predicted octanol–water partition coefficient (Wildman–Crippen LogP) is 3.19. The Morgan fingerprint density at radius 2 is 1.81 bits per heavy atom. The molecule has 0 radical (unpaired) electrons. The maximum absolute atomic E-state index is 11.1. The number of hydrogen-bond acceptors (Lipinski definition) is 7. The van der Waals surface area contributed by atoms with Gasteiger partial charge in [-0.3, -0.25) is 4.79 Å². The molecule has 8 nitrogen and oxygen atoms in total. The van der Waals surface area contributed by atoms with Crippen LogP contribution in [-0.4, -0.2) is 21.1 Å². The van der Waals surface area contributed by atoms with Crippen molar-refractivity contribution in [3.05, 3.63) is 60.3 Å². The van der Waals surface area contributed by atoms with Crippen LogP contribution in [0.1, 0.15) is 12.5 Å². The lowest BCUT2D eigenvalue weighted by Crippen LogP contribution is -2.06. The van der Waals surface area contributed by atoms with Crippen molar-refractivity contribution in [3.63, 3.8) is 0 Å². The fourth-order valence-corrected chi connectivity index (χ4v) is 2.20. The first kappa shape index (κ1) is 16.9. The molecule has 26 heavy (non-hydrogen) atoms. The van der Waals surface area contributed by atoms with E-state index in [-0.39, 0.29) is 5.91 Å². The molecule has 0 spiro atoms. The molecule has 0 saturated carbocycles. The molecule has 0 aliphatic heterocycles. The lowest BCUT2D eigenvalue weighted by molar-refractivity contribution is -0.114. The molecular formula is C18H15N7O. The number of benzene rings is 2. The molecule has 0 unspecified atom stereocenters. The number of anilines is 5. The lowest BCUT2D eigenvalue weighted by Gasteiger charge is -2.09. The third-order valence-electron chi connectivity index (χ3n) is 3.28. The summed E-state index contributed by atoms with van der Waals surface area (Å²) in [6, 6.07) is 16.2. The number of aromatic nitrogens is 3. The molecule has 0 fully saturated rings. The number of carbonyl (C=O) groups excluding carboxylic acids is 1. The zero-order valence-electron chi connectivity index (χ0n) is 13.9. The van der Waals surface area contributed by atoms with E-state index < -0.39 is 0 Å². The highest BCUT2D eigenvalue weighted by Gasteiger charge is 2.04. The van der Waals surface area contributed by atoms with E-state index in [4.69, 9.17) is 5.26 Å². The van der Waals surface area contributed by atoms with E-state index in [1.165, 1.54) is 13.1 Å². The van der Waals surface area contributed by atoms with E-state index in [1.807, 2.05) is 6.07 Å². The lowest BCUT2D eigenvalue weighted by atomic mass is 10.2. The van der Waals surface area contributed by atoms with Crippen LogP contribution in [0.15, 0.2) is 54.7 Å². The number of amides is 1. The average molecular weight is 345 g/mol. The van der Waals surface area contributed by atoms with Crippen LogP contribution in [0.25, 0.3) is 0 Å². The number of hydrogen-bond donors (Lipinski definition) is 3. The van der Waals surface area contributed by atoms with Crippen LogP contribution in [0.2, 0.25) is 0 Å². The molecule has 3 N–H and O–H groups in total. The normalized spacial score (nSPS) is 9.85. The van der Waals surface area contributed by atoms with E-state index in [0.29, 0.717) is 28.7 Å². The maximum Gasteiger partial charge on any atom is 0.249 e. The fourth-order valence-electron chi connectivity index (χ4n) is 2.20. The first-order valence-electron chi connectivity index (χ1n) is 7.74. The van der Waals surface area contributed by atoms with Gasteiger partial charge < -0.3 is 16.0 Å². The Kier molecular flexibility index (Phi) is 5.00. The van der Waals surface area contributed by atoms with Gasteiger partial charge in [-0.1, -0.05) is 6.07 Å². The molecule has 3 aromatic rings. The van der Waals surface area contributed by atoms with Crippen LogP contribution in [0.5, 0.6) is 0 Å². The Bertz CT molecular complexity index is 964. The van der Waals surface area contributed by atoms with Crippen LogP contribution >= 0.6 is 0 Å². The minimum Gasteiger partial charge on any atom is -0.339 e. The quantitative estimate of drug-likeness (QED) is 0.650. The van der Waals surface area contributed by atoms with Crippen LogP contribution in [0.4, 0.5) is 28.8 Å². The minimum absolute atomic E-state index is 0.145. The maximum atomic E-state index is 11.1. The summed E-state index contributed by atoms with van der Waals surface area (Å²) in [5.74, 6) is 0.669. The van der Waals surface area contributed by atoms with Crippen LogP contribution in [0.3, 0.4) is 0 Å². The Hall–Kier alpha value is -3.99. The van der Waals surface area contributed by atoms with Gasteiger partial charge in [0.25, 0.3) is 0 Å². The van der Waals surface area contributed by atoms with Gasteiger partial charge in [-0.05, 0) is 42.5 Å². The largest absolute Gasteiger partial charge is 0.339 e. The molecule has 3 rings (SSSR count). The summed E-state index contributed by atoms with van der Waals surface area (Å²) in [5, 5.41) is 25.6. The van der Waals surface area contributed by atoms with Gasteiger partial charge in [0.15, 0.2) is 5.82 Å². The smallest absolute Gasteiger partial charge is 0.249 e. The first-order valence-corrected chi connectivity index (χ1v) is 7.74. The number of nitrogens with zero attached hydrogens (tertiary/aromatic N) is 4. The fraction of sp³-hybridized carbons (Fsp3) is 0.0556. The molecule has 0 atom stereocenters. The topological polar surface area (TPSA) is 116 Å². The second-order valence-corrected chi connectivity index (χ2v) is 5.37. The third-order valence-corrected chi connectivity index (χ3v) is 3.28. The first-order chi connectivity index (χ1) is 12.6. The van der Waals surface area contributed by atoms with Crippen LogP contribution in [0, 0.1) is 11.3 Å². The van der Waals surface area contributed by atoms with E-state index in [9.17, 15) is 4.79 Å². The van der Waals surface area contributed by atoms with Crippen LogP contribution in [-0.2, 0) is 4.79 Å². The number of rotatable bonds is 5. The summed E-state index contributed by atoms with van der Waals surface area (Å²) in [6.45, 7) is 1.45. The van der Waals surface area contributed by atoms with Gasteiger partial charge in [0, 0.05) is 24.0 Å². The second-order valence-electron chi connectivity index (χ2n) is 5.37. The molecule has 8 heteroatoms. The molecule has 0 aliphatic carbocycles. The highest BCUT2D eigenvalue weighted by Crippen LogP contribution is 2.19. The summed E-state index contributed by atoms with van der Waals surface area (Å²) in [4.78, 5) is 15.5. The molecular weight excluding hydrogens is 330 g/mol. The van der Waals surface area contributed by atoms with Crippen molar-refractivity contribution in [3.8, 4) is 6.07 Å². The third kappa shape index (κ3) is 4.52. The van der Waals surface area contributed by atoms with Gasteiger partial charge in [0.1, 0.15) is 0 Å². The van der Waals surface area contributed by atoms with Crippen molar-refractivity contribution >= 4 is 34.7 Å². The van der Waals surface area contributed by atoms with E-state index >= 15 is 0 Å². The molecule has 0 bridgehead atoms. The van der Waals surface area contributed by atoms with E-state index in [0.717, 1.165) is 5.69 Å². The van der Waals surface area contributed by atoms with Gasteiger partial charge in [0.05, 0.1) is 17.8 Å².